The van der Waals surface area contributed by atoms with Crippen LogP contribution in [0.4, 0.5) is 10.9 Å². The molecule has 2 fully saturated rings. The number of carbonyl (C=O) groups excluding carboxylic acids is 1. The largest absolute Gasteiger partial charge is 0.382 e. The molecule has 1 saturated heterocycles. The third-order valence-electron chi connectivity index (χ3n) is 6.06. The molecule has 186 valence electrons. The second-order valence-electron chi connectivity index (χ2n) is 8.54. The Morgan fingerprint density at radius 2 is 1.71 bits per heavy atom. The van der Waals surface area contributed by atoms with Crippen molar-refractivity contribution < 1.29 is 21.6 Å². The third kappa shape index (κ3) is 5.68. The lowest BCUT2D eigenvalue weighted by atomic mass is 9.92. The van der Waals surface area contributed by atoms with Crippen molar-refractivity contribution in [3.8, 4) is 0 Å². The number of nitrogen functional groups attached to an aromatic ring is 1. The minimum atomic E-state index is -3.69. The van der Waals surface area contributed by atoms with Gasteiger partial charge in [0, 0.05) is 12.1 Å². The quantitative estimate of drug-likeness (QED) is 0.433. The smallest absolute Gasteiger partial charge is 0.215 e. The number of halogens is 2. The summed E-state index contributed by atoms with van der Waals surface area (Å²) in [5.74, 6) is -0.711. The average molecular weight is 568 g/mol. The Labute approximate surface area is 212 Å². The van der Waals surface area contributed by atoms with E-state index < -0.39 is 30.9 Å². The van der Waals surface area contributed by atoms with Crippen LogP contribution in [0.3, 0.4) is 0 Å². The van der Waals surface area contributed by atoms with Crippen molar-refractivity contribution in [3.05, 3.63) is 38.7 Å². The molecule has 1 saturated carbocycles. The molecular formula is C20H24Cl2N4O5S3. The Kier molecular flexibility index (Phi) is 7.47. The van der Waals surface area contributed by atoms with E-state index in [2.05, 4.69) is 15.0 Å². The zero-order chi connectivity index (χ0) is 24.7. The molecule has 0 amide bonds. The fraction of sp³-hybridized carbons (Fsp3) is 0.500. The first-order valence-corrected chi connectivity index (χ1v) is 15.6. The van der Waals surface area contributed by atoms with Crippen molar-refractivity contribution in [1.29, 1.82) is 0 Å². The van der Waals surface area contributed by atoms with Crippen LogP contribution in [0.2, 0.25) is 10.0 Å². The molecule has 14 heteroatoms. The minimum absolute atomic E-state index is 0.0324. The maximum absolute atomic E-state index is 12.9. The molecule has 2 aliphatic rings. The van der Waals surface area contributed by atoms with Gasteiger partial charge in [0.15, 0.2) is 15.0 Å². The van der Waals surface area contributed by atoms with Gasteiger partial charge in [0.25, 0.3) is 0 Å². The van der Waals surface area contributed by atoms with Gasteiger partial charge in [-0.15, -0.1) is 0 Å². The molecule has 1 aliphatic carbocycles. The molecule has 2 heterocycles. The van der Waals surface area contributed by atoms with Gasteiger partial charge in [-0.25, -0.2) is 26.5 Å². The minimum Gasteiger partial charge on any atom is -0.382 e. The number of rotatable bonds is 7. The lowest BCUT2D eigenvalue weighted by Crippen LogP contribution is -2.44. The van der Waals surface area contributed by atoms with E-state index in [4.69, 9.17) is 28.9 Å². The first kappa shape index (κ1) is 25.6. The van der Waals surface area contributed by atoms with Gasteiger partial charge < -0.3 is 11.1 Å². The van der Waals surface area contributed by atoms with Crippen LogP contribution in [0.5, 0.6) is 0 Å². The van der Waals surface area contributed by atoms with Crippen molar-refractivity contribution >= 4 is 71.1 Å². The highest BCUT2D eigenvalue weighted by atomic mass is 35.5. The second kappa shape index (κ2) is 9.90. The number of nitrogens with two attached hydrogens (primary N) is 1. The van der Waals surface area contributed by atoms with Gasteiger partial charge in [-0.3, -0.25) is 4.79 Å². The monoisotopic (exact) mass is 566 g/mol. The lowest BCUT2D eigenvalue weighted by Gasteiger charge is -2.30. The number of sulfonamides is 1. The summed E-state index contributed by atoms with van der Waals surface area (Å²) in [4.78, 5) is 17.4. The van der Waals surface area contributed by atoms with Crippen LogP contribution in [0, 0.1) is 0 Å². The molecule has 34 heavy (non-hydrogen) atoms. The molecule has 4 rings (SSSR count). The van der Waals surface area contributed by atoms with E-state index in [-0.39, 0.29) is 56.3 Å². The molecular weight excluding hydrogens is 543 g/mol. The fourth-order valence-electron chi connectivity index (χ4n) is 4.25. The van der Waals surface area contributed by atoms with Crippen molar-refractivity contribution in [2.24, 2.45) is 0 Å². The molecule has 0 bridgehead atoms. The number of sulfone groups is 1. The van der Waals surface area contributed by atoms with E-state index >= 15 is 0 Å². The number of hydrogen-bond donors (Lipinski definition) is 3. The number of benzene rings is 1. The zero-order valence-electron chi connectivity index (χ0n) is 18.0. The molecule has 0 spiro atoms. The van der Waals surface area contributed by atoms with Crippen molar-refractivity contribution in [1.82, 2.24) is 9.71 Å². The van der Waals surface area contributed by atoms with Gasteiger partial charge in [-0.2, -0.15) is 0 Å². The number of hydrogen-bond acceptors (Lipinski definition) is 9. The van der Waals surface area contributed by atoms with E-state index in [0.717, 1.165) is 11.3 Å². The van der Waals surface area contributed by atoms with Crippen LogP contribution in [0.15, 0.2) is 18.2 Å². The Morgan fingerprint density at radius 3 is 2.29 bits per heavy atom. The molecule has 9 nitrogen and oxygen atoms in total. The average Bonchev–Trinajstić information content (AvgIpc) is 3.31. The van der Waals surface area contributed by atoms with Crippen LogP contribution in [0.1, 0.15) is 47.3 Å². The molecule has 1 aliphatic heterocycles. The van der Waals surface area contributed by atoms with Crippen LogP contribution >= 0.6 is 34.5 Å². The maximum atomic E-state index is 12.9. The van der Waals surface area contributed by atoms with E-state index in [1.165, 1.54) is 0 Å². The van der Waals surface area contributed by atoms with Crippen LogP contribution in [-0.4, -0.2) is 56.4 Å². The number of nitrogens with zero attached hydrogens (tertiary/aromatic N) is 1. The Bertz CT molecular complexity index is 1290. The summed E-state index contributed by atoms with van der Waals surface area (Å²) in [6.45, 7) is 0. The number of ketones is 1. The van der Waals surface area contributed by atoms with Crippen LogP contribution < -0.4 is 15.8 Å². The number of thiazole rings is 1. The van der Waals surface area contributed by atoms with Gasteiger partial charge in [0.2, 0.25) is 15.8 Å². The molecule has 1 atom stereocenters. The standard InChI is InChI=1S/C20H24Cl2N4O5S3/c21-14-2-1-3-15(22)16(14)17(27)18-19(23)25-20(32-18)24-11-4-6-12(7-5-11)26-34(30,31)13-8-9-33(28,29)10-13/h1-3,11-13,26H,4-10,23H2,(H,24,25). The summed E-state index contributed by atoms with van der Waals surface area (Å²) >= 11 is 13.4. The summed E-state index contributed by atoms with van der Waals surface area (Å²) in [5, 5.41) is 3.35. The summed E-state index contributed by atoms with van der Waals surface area (Å²) < 4.78 is 51.1. The van der Waals surface area contributed by atoms with E-state index in [0.29, 0.717) is 30.8 Å². The number of anilines is 2. The Morgan fingerprint density at radius 1 is 1.09 bits per heavy atom. The predicted molar refractivity (Wildman–Crippen MR) is 135 cm³/mol. The topological polar surface area (TPSA) is 148 Å². The number of carbonyl (C=O) groups is 1. The zero-order valence-corrected chi connectivity index (χ0v) is 21.9. The fourth-order valence-corrected chi connectivity index (χ4v) is 10.1. The third-order valence-corrected chi connectivity index (χ3v) is 11.6. The summed E-state index contributed by atoms with van der Waals surface area (Å²) in [5.41, 5.74) is 6.16. The van der Waals surface area contributed by atoms with Crippen molar-refractivity contribution in [2.45, 2.75) is 49.4 Å². The van der Waals surface area contributed by atoms with E-state index in [1.807, 2.05) is 0 Å². The molecule has 2 aromatic rings. The van der Waals surface area contributed by atoms with Gasteiger partial charge in [0.1, 0.15) is 10.7 Å². The highest BCUT2D eigenvalue weighted by Crippen LogP contribution is 2.34. The molecule has 1 aromatic heterocycles. The molecule has 1 aromatic carbocycles. The first-order chi connectivity index (χ1) is 15.9. The van der Waals surface area contributed by atoms with Crippen LogP contribution in [-0.2, 0) is 19.9 Å². The van der Waals surface area contributed by atoms with Crippen LogP contribution in [0.25, 0.3) is 0 Å². The lowest BCUT2D eigenvalue weighted by molar-refractivity contribution is 0.104. The molecule has 4 N–H and O–H groups in total. The highest BCUT2D eigenvalue weighted by molar-refractivity contribution is 7.95. The Balaban J connectivity index is 1.35. The summed E-state index contributed by atoms with van der Waals surface area (Å²) in [6, 6.07) is 4.60. The second-order valence-corrected chi connectivity index (χ2v) is 14.6. The normalized spacial score (nSPS) is 24.7. The first-order valence-electron chi connectivity index (χ1n) is 10.7. The highest BCUT2D eigenvalue weighted by Gasteiger charge is 2.38. The molecule has 0 radical (unpaired) electrons. The Hall–Kier alpha value is -1.44. The molecule has 1 unspecified atom stereocenters. The van der Waals surface area contributed by atoms with E-state index in [9.17, 15) is 21.6 Å². The summed E-state index contributed by atoms with van der Waals surface area (Å²) in [6.07, 6.45) is 2.68. The van der Waals surface area contributed by atoms with Crippen molar-refractivity contribution in [2.75, 3.05) is 22.6 Å². The van der Waals surface area contributed by atoms with Gasteiger partial charge >= 0.3 is 0 Å². The number of nitrogens with one attached hydrogen (secondary N) is 2. The van der Waals surface area contributed by atoms with Gasteiger partial charge in [0.05, 0.1) is 32.4 Å². The number of aromatic nitrogens is 1. The maximum Gasteiger partial charge on any atom is 0.215 e. The van der Waals surface area contributed by atoms with E-state index in [1.54, 1.807) is 18.2 Å². The van der Waals surface area contributed by atoms with Gasteiger partial charge in [-0.1, -0.05) is 40.6 Å². The van der Waals surface area contributed by atoms with Gasteiger partial charge in [-0.05, 0) is 44.2 Å². The van der Waals surface area contributed by atoms with Crippen molar-refractivity contribution in [3.63, 3.8) is 0 Å². The SMILES string of the molecule is Nc1nc(NC2CCC(NS(=O)(=O)C3CCS(=O)(=O)C3)CC2)sc1C(=O)c1c(Cl)cccc1Cl. The predicted octanol–water partition coefficient (Wildman–Crippen LogP) is 3.09. The summed E-state index contributed by atoms with van der Waals surface area (Å²) in [7, 11) is -6.96.